The second-order valence-electron chi connectivity index (χ2n) is 25.1. The lowest BCUT2D eigenvalue weighted by atomic mass is 10.0. The van der Waals surface area contributed by atoms with Crippen LogP contribution in [0.15, 0.2) is 193 Å². The first-order chi connectivity index (χ1) is 62.1. The molecule has 12 rings (SSSR count). The number of azide groups is 6. The van der Waals surface area contributed by atoms with Crippen LogP contribution in [0.1, 0.15) is 123 Å². The van der Waals surface area contributed by atoms with Gasteiger partial charge in [0.15, 0.2) is 44.0 Å². The summed E-state index contributed by atoms with van der Waals surface area (Å²) in [6, 6.07) is 40.7. The highest BCUT2D eigenvalue weighted by Crippen LogP contribution is 2.36. The number of aromatic nitrogens is 2. The molecule has 0 spiro atoms. The Morgan fingerprint density at radius 2 is 0.781 bits per heavy atom. The molecule has 7 aromatic carbocycles. The number of phenols is 4. The first kappa shape index (κ1) is 109. The third-order valence-electron chi connectivity index (χ3n) is 16.5. The fraction of sp³-hybridized carbons (Fsp3) is 0.359. The van der Waals surface area contributed by atoms with Crippen LogP contribution in [0.25, 0.3) is 62.7 Å². The molecule has 128 heavy (non-hydrogen) atoms. The van der Waals surface area contributed by atoms with Crippen molar-refractivity contribution < 1.29 is 118 Å². The van der Waals surface area contributed by atoms with Crippen LogP contribution in [0.2, 0.25) is 0 Å². The maximum atomic E-state index is 10.8. The van der Waals surface area contributed by atoms with Gasteiger partial charge >= 0.3 is 10.2 Å². The Morgan fingerprint density at radius 1 is 0.461 bits per heavy atom. The average Bonchev–Trinajstić information content (AvgIpc) is 1.68. The van der Waals surface area contributed by atoms with Crippen molar-refractivity contribution in [3.8, 4) is 23.0 Å². The molecule has 12 N–H and O–H groups in total. The summed E-state index contributed by atoms with van der Waals surface area (Å²) >= 11 is -2.88. The van der Waals surface area contributed by atoms with Crippen molar-refractivity contribution in [3.63, 3.8) is 0 Å². The van der Waals surface area contributed by atoms with Gasteiger partial charge in [0.1, 0.15) is 35.4 Å². The number of hydrogen-bond donors (Lipinski definition) is 10. The van der Waals surface area contributed by atoms with E-state index in [9.17, 15) is 37.8 Å². The number of benzene rings is 7. The number of aliphatic hydroxyl groups is 2. The number of hydrazone groups is 1. The molecule has 0 aliphatic carbocycles. The smallest absolute Gasteiger partial charge is 0.398 e. The number of nitrogens with zero attached hydrogens (tertiary/aromatic N) is 20. The molecule has 0 bridgehead atoms. The van der Waals surface area contributed by atoms with E-state index in [-0.39, 0.29) is 61.2 Å². The zero-order chi connectivity index (χ0) is 93.8. The first-order valence-electron chi connectivity index (χ1n) is 38.1. The molecular weight excluding hydrogens is 1720 g/mol. The van der Waals surface area contributed by atoms with Gasteiger partial charge in [0, 0.05) is 101 Å². The molecule has 5 heterocycles. The van der Waals surface area contributed by atoms with Crippen molar-refractivity contribution in [3.05, 3.63) is 304 Å². The lowest BCUT2D eigenvalue weighted by Gasteiger charge is -2.19. The predicted octanol–water partition coefficient (Wildman–Crippen LogP) is 9.34. The van der Waals surface area contributed by atoms with E-state index in [1.54, 1.807) is 66.7 Å². The van der Waals surface area contributed by atoms with Gasteiger partial charge in [-0.1, -0.05) is 111 Å². The van der Waals surface area contributed by atoms with Gasteiger partial charge in [-0.05, 0) is 185 Å². The number of carbonyl (C=O) groups is 4. The van der Waals surface area contributed by atoms with Crippen molar-refractivity contribution in [1.82, 2.24) is 10.4 Å². The summed E-state index contributed by atoms with van der Waals surface area (Å²) in [5, 5.41) is 81.0. The quantitative estimate of drug-likeness (QED) is 0.00211. The molecule has 1 aromatic heterocycles. The van der Waals surface area contributed by atoms with E-state index in [0.717, 1.165) is 73.2 Å². The highest BCUT2D eigenvalue weighted by Gasteiger charge is 2.30. The molecule has 48 nitrogen and oxygen atoms in total. The van der Waals surface area contributed by atoms with Gasteiger partial charge in [-0.3, -0.25) is 19.2 Å². The minimum Gasteiger partial charge on any atom is -0.750 e. The molecule has 1 unspecified atom stereocenters. The van der Waals surface area contributed by atoms with Crippen LogP contribution in [0.4, 0.5) is 0 Å². The van der Waals surface area contributed by atoms with Gasteiger partial charge in [0.05, 0.1) is 93.7 Å². The van der Waals surface area contributed by atoms with E-state index in [1.165, 1.54) is 41.9 Å². The van der Waals surface area contributed by atoms with E-state index < -0.39 is 21.6 Å². The summed E-state index contributed by atoms with van der Waals surface area (Å²) < 4.78 is 89.8. The predicted molar refractivity (Wildman–Crippen MR) is 456 cm³/mol. The molecule has 4 saturated heterocycles. The normalized spacial score (nSPS) is 13.1. The Bertz CT molecular complexity index is 5110. The molecule has 0 radical (unpaired) electrons. The Hall–Kier alpha value is -13.5. The van der Waals surface area contributed by atoms with E-state index in [0.29, 0.717) is 178 Å². The standard InChI is InChI=1S/C14H17N3O4.C14H19NO4.C10H11N5O2.C10H9N3O2.C9H9N3O2.C8H9N3O.C8H11NO.C3H3N5O2S.C2H6O2.H2O4S/c15-17-16-4-3-10-1-2-11(13-18-5-6-19-13)12(9-10)14-20-7-8-21-14;15-4-3-10-1-2-11(13-16-5-6-17-13)12(9-10)14-18-7-8-19-14;11-15-12-4-3-8-1-2-10(17)9(5-8)6-13-14-7-16;11-13-12-4-3-8-1-2-9(6-14)10(5-8)7-15;10-12-11-4-3-7-1-2-9(14)8(5-7)6-13;9-11-10-6-5-7-1-3-8(12)4-2-7;9-6-5-7-1-3-8(10)4-2-7;4-6-7-11(9,10)8-2-1-5-3-8;3-1-2-4;1-4-5(2)3/h1-2,9,13-14H,3-8H2;1-2,9,13-14H,3-8,15H2;1-2,5-7,17H,3-4H2,(H,14,16);1-2,5-7H,3-4H2;1-2,5-6,14H,3-4H2;1-4,12H,5-6H2;1-4,10H,5-6,9H2;1-3H;3-4H,1-2H2;1H,(H,2,3)/p-1/b;;13-6+;;;;;;;. The number of H-pyrrole nitrogens is 1. The fourth-order valence-corrected chi connectivity index (χ4v) is 11.3. The van der Waals surface area contributed by atoms with Crippen LogP contribution >= 0.6 is 0 Å². The SMILES string of the molecule is NCCc1ccc(C2OCCO2)c(C2OCCO2)c1.NCCc1ccc(O)cc1.O=S([O-])O[O-].OCCO.[N-]=[N+]=NCCc1ccc(C2OCCO2)c(C2OCCO2)c1.[N-]=[N+]=NCCc1ccc(C=O)c(C=O)c1.[N-]=[N+]=NCCc1ccc(O)c(/C=N/NC=O)c1.[N-]=[N+]=NCCc1ccc(O)c(C=O)c1.[N-]=[N+]=NCCc1ccc(O)cc1.[N-]=[N+]=NS(=O)(=O)[n+]1cc[nH]c1. The fourth-order valence-electron chi connectivity index (χ4n) is 10.7. The minimum atomic E-state index is -3.87. The average molecular weight is 1820 g/mol. The van der Waals surface area contributed by atoms with Gasteiger partial charge < -0.3 is 94.1 Å². The van der Waals surface area contributed by atoms with Gasteiger partial charge in [-0.15, -0.1) is 3.97 Å². The van der Waals surface area contributed by atoms with E-state index in [4.69, 9.17) is 117 Å². The number of aliphatic hydroxyl groups excluding tert-OH is 2. The van der Waals surface area contributed by atoms with Crippen molar-refractivity contribution in [2.24, 2.45) is 46.7 Å². The first-order valence-corrected chi connectivity index (χ1v) is 40.5. The van der Waals surface area contributed by atoms with Gasteiger partial charge in [0.25, 0.3) is 6.33 Å². The number of amides is 1. The number of rotatable bonds is 33. The Morgan fingerprint density at radius 3 is 1.12 bits per heavy atom. The molecule has 1 amide bonds. The van der Waals surface area contributed by atoms with Crippen molar-refractivity contribution in [2.45, 2.75) is 70.1 Å². The maximum Gasteiger partial charge on any atom is 0.398 e. The second-order valence-corrected chi connectivity index (χ2v) is 27.1. The number of imidazole rings is 1. The summed E-state index contributed by atoms with van der Waals surface area (Å²) in [5.41, 5.74) is 74.0. The third kappa shape index (κ3) is 44.4. The van der Waals surface area contributed by atoms with Crippen molar-refractivity contribution >= 4 is 53.1 Å². The molecule has 4 aliphatic heterocycles. The van der Waals surface area contributed by atoms with E-state index in [2.05, 4.69) is 91.5 Å². The Kier molecular flexibility index (Phi) is 56.8. The van der Waals surface area contributed by atoms with E-state index in [1.807, 2.05) is 48.5 Å². The lowest BCUT2D eigenvalue weighted by molar-refractivity contribution is -0.635. The van der Waals surface area contributed by atoms with Crippen LogP contribution in [0.5, 0.6) is 23.0 Å². The van der Waals surface area contributed by atoms with Gasteiger partial charge in [-0.25, -0.2) is 14.6 Å². The number of aromatic amines is 1. The number of ether oxygens (including phenoxy) is 8. The lowest BCUT2D eigenvalue weighted by Crippen LogP contribution is -2.38. The summed E-state index contributed by atoms with van der Waals surface area (Å²) in [6.45, 7) is 7.81. The minimum absolute atomic E-state index is 0.0347. The van der Waals surface area contributed by atoms with Crippen LogP contribution in [-0.2, 0) is 114 Å². The summed E-state index contributed by atoms with van der Waals surface area (Å²) in [4.78, 5) is 59.6. The molecule has 4 aliphatic rings. The molecular formula is C78H95N24O24S2-. The Labute approximate surface area is 734 Å². The molecule has 684 valence electrons. The largest absolute Gasteiger partial charge is 0.750 e. The third-order valence-corrected chi connectivity index (χ3v) is 17.6. The van der Waals surface area contributed by atoms with E-state index >= 15 is 0 Å². The number of aldehydes is 3. The maximum absolute atomic E-state index is 10.8. The van der Waals surface area contributed by atoms with Gasteiger partial charge in [0.2, 0.25) is 6.41 Å². The summed E-state index contributed by atoms with van der Waals surface area (Å²) in [5.74, 6) is 0.588. The Balaban J connectivity index is 0.000000375. The molecule has 4 fully saturated rings. The van der Waals surface area contributed by atoms with Crippen LogP contribution < -0.4 is 26.1 Å². The summed E-state index contributed by atoms with van der Waals surface area (Å²) in [6.07, 6.45) is 10.8. The number of hydrogen-bond acceptors (Lipinski definition) is 32. The number of nitrogens with two attached hydrogens (primary N) is 2. The molecule has 50 heteroatoms. The monoisotopic (exact) mass is 1820 g/mol. The number of aromatic hydroxyl groups is 4. The van der Waals surface area contributed by atoms with Crippen LogP contribution in [-0.4, -0.2) is 196 Å². The van der Waals surface area contributed by atoms with Crippen LogP contribution in [0.3, 0.4) is 0 Å². The van der Waals surface area contributed by atoms with Crippen molar-refractivity contribution in [2.75, 3.05) is 112 Å². The highest BCUT2D eigenvalue weighted by molar-refractivity contribution is 7.83. The number of nitrogens with one attached hydrogen (secondary N) is 2. The topological polar surface area (TPSA) is 759 Å². The molecule has 1 atom stereocenters. The summed E-state index contributed by atoms with van der Waals surface area (Å²) in [7, 11) is -3.87. The zero-order valence-electron chi connectivity index (χ0n) is 68.6. The molecule has 0 saturated carbocycles. The highest BCUT2D eigenvalue weighted by atomic mass is 32.2. The zero-order valence-corrected chi connectivity index (χ0v) is 70.3. The number of carbonyl (C=O) groups excluding carboxylic acids is 4. The second kappa shape index (κ2) is 66.9. The van der Waals surface area contributed by atoms with Gasteiger partial charge in [-0.2, -0.15) is 13.5 Å². The van der Waals surface area contributed by atoms with Crippen LogP contribution in [0, 0.1) is 0 Å². The number of phenolic OH excluding ortho intramolecular Hbond substituents is 4. The van der Waals surface area contributed by atoms with Crippen molar-refractivity contribution in [1.29, 1.82) is 0 Å². The molecule has 8 aromatic rings.